The van der Waals surface area contributed by atoms with Crippen molar-refractivity contribution in [3.63, 3.8) is 0 Å². The first-order valence-corrected chi connectivity index (χ1v) is 5.28. The minimum absolute atomic E-state index is 0.108. The van der Waals surface area contributed by atoms with Gasteiger partial charge in [-0.25, -0.2) is 0 Å². The van der Waals surface area contributed by atoms with Crippen molar-refractivity contribution < 1.29 is 19.8 Å². The maximum Gasteiger partial charge on any atom is 0.230 e. The fourth-order valence-corrected chi connectivity index (χ4v) is 1.37. The Morgan fingerprint density at radius 1 is 1.35 bits per heavy atom. The summed E-state index contributed by atoms with van der Waals surface area (Å²) in [6.07, 6.45) is 0. The quantitative estimate of drug-likeness (QED) is 0.508. The lowest BCUT2D eigenvalue weighted by atomic mass is 9.98. The molecule has 1 unspecified atom stereocenters. The lowest BCUT2D eigenvalue weighted by Crippen LogP contribution is -2.35. The molecule has 5 heteroatoms. The average Bonchev–Trinajstić information content (AvgIpc) is 2.34. The van der Waals surface area contributed by atoms with E-state index in [-0.39, 0.29) is 24.5 Å². The number of aliphatic hydroxyl groups is 1. The van der Waals surface area contributed by atoms with E-state index in [1.54, 1.807) is 12.1 Å². The molecular weight excluding hydrogens is 222 g/mol. The predicted octanol–water partition coefficient (Wildman–Crippen LogP) is 0.319. The van der Waals surface area contributed by atoms with Gasteiger partial charge in [0.1, 0.15) is 5.75 Å². The van der Waals surface area contributed by atoms with Gasteiger partial charge in [0, 0.05) is 6.54 Å². The molecule has 0 saturated heterocycles. The van der Waals surface area contributed by atoms with E-state index < -0.39 is 17.6 Å². The Morgan fingerprint density at radius 2 is 2.00 bits per heavy atom. The highest BCUT2D eigenvalue weighted by molar-refractivity contribution is 6.10. The van der Waals surface area contributed by atoms with Crippen molar-refractivity contribution in [1.82, 2.24) is 5.32 Å². The number of amides is 1. The minimum atomic E-state index is -0.894. The second-order valence-corrected chi connectivity index (χ2v) is 3.62. The average molecular weight is 237 g/mol. The van der Waals surface area contributed by atoms with Crippen LogP contribution in [-0.2, 0) is 4.79 Å². The molecule has 17 heavy (non-hydrogen) atoms. The molecule has 1 aromatic rings. The van der Waals surface area contributed by atoms with Gasteiger partial charge in [-0.3, -0.25) is 9.59 Å². The van der Waals surface area contributed by atoms with Gasteiger partial charge in [-0.1, -0.05) is 12.1 Å². The van der Waals surface area contributed by atoms with Crippen molar-refractivity contribution in [3.05, 3.63) is 29.8 Å². The number of hydrogen-bond donors (Lipinski definition) is 3. The molecular formula is C12H15NO4. The van der Waals surface area contributed by atoms with Gasteiger partial charge in [0.25, 0.3) is 0 Å². The molecule has 3 N–H and O–H groups in total. The molecule has 1 atom stereocenters. The van der Waals surface area contributed by atoms with E-state index in [2.05, 4.69) is 5.32 Å². The van der Waals surface area contributed by atoms with Crippen molar-refractivity contribution in [1.29, 1.82) is 0 Å². The van der Waals surface area contributed by atoms with Crippen molar-refractivity contribution in [2.75, 3.05) is 13.2 Å². The topological polar surface area (TPSA) is 86.6 Å². The Labute approximate surface area is 99.1 Å². The monoisotopic (exact) mass is 237 g/mol. The molecule has 5 nitrogen and oxygen atoms in total. The third-order valence-electron chi connectivity index (χ3n) is 2.37. The number of Topliss-reactive ketones (excluding diaryl/α,β-unsaturated/α-hetero) is 1. The maximum absolute atomic E-state index is 11.9. The van der Waals surface area contributed by atoms with E-state index in [4.69, 9.17) is 5.11 Å². The van der Waals surface area contributed by atoms with Gasteiger partial charge in [0.2, 0.25) is 5.91 Å². The fourth-order valence-electron chi connectivity index (χ4n) is 1.37. The fraction of sp³-hybridized carbons (Fsp3) is 0.333. The van der Waals surface area contributed by atoms with Crippen molar-refractivity contribution >= 4 is 11.7 Å². The summed E-state index contributed by atoms with van der Waals surface area (Å²) < 4.78 is 0. The van der Waals surface area contributed by atoms with Crippen molar-refractivity contribution in [2.45, 2.75) is 6.92 Å². The van der Waals surface area contributed by atoms with Gasteiger partial charge in [-0.05, 0) is 19.1 Å². The molecule has 0 heterocycles. The van der Waals surface area contributed by atoms with Crippen LogP contribution in [-0.4, -0.2) is 35.1 Å². The van der Waals surface area contributed by atoms with E-state index in [1.165, 1.54) is 19.1 Å². The number of phenolic OH excluding ortho intramolecular Hbond substituents is 1. The van der Waals surface area contributed by atoms with Gasteiger partial charge < -0.3 is 15.5 Å². The van der Waals surface area contributed by atoms with E-state index in [9.17, 15) is 14.7 Å². The number of aromatic hydroxyl groups is 1. The van der Waals surface area contributed by atoms with Gasteiger partial charge in [0.05, 0.1) is 18.1 Å². The van der Waals surface area contributed by atoms with E-state index >= 15 is 0 Å². The van der Waals surface area contributed by atoms with Crippen LogP contribution in [0.5, 0.6) is 5.75 Å². The number of benzene rings is 1. The van der Waals surface area contributed by atoms with Crippen LogP contribution in [0.1, 0.15) is 17.3 Å². The standard InChI is InChI=1S/C12H15NO4/c1-8(12(17)13-6-7-14)11(16)9-4-2-3-5-10(9)15/h2-5,8,14-15H,6-7H2,1H3,(H,13,17). The summed E-state index contributed by atoms with van der Waals surface area (Å²) in [7, 11) is 0. The minimum Gasteiger partial charge on any atom is -0.507 e. The Morgan fingerprint density at radius 3 is 2.59 bits per heavy atom. The maximum atomic E-state index is 11.9. The number of aliphatic hydroxyl groups excluding tert-OH is 1. The van der Waals surface area contributed by atoms with Crippen LogP contribution < -0.4 is 5.32 Å². The summed E-state index contributed by atoms with van der Waals surface area (Å²) in [4.78, 5) is 23.4. The molecule has 0 spiro atoms. The van der Waals surface area contributed by atoms with Gasteiger partial charge in [-0.15, -0.1) is 0 Å². The molecule has 0 aromatic heterocycles. The number of rotatable bonds is 5. The molecule has 0 saturated carbocycles. The summed E-state index contributed by atoms with van der Waals surface area (Å²) in [5.74, 6) is -1.94. The zero-order valence-corrected chi connectivity index (χ0v) is 9.51. The molecule has 1 aromatic carbocycles. The number of hydrogen-bond acceptors (Lipinski definition) is 4. The molecule has 1 amide bonds. The largest absolute Gasteiger partial charge is 0.507 e. The number of carbonyl (C=O) groups is 2. The third kappa shape index (κ3) is 3.29. The Hall–Kier alpha value is -1.88. The summed E-state index contributed by atoms with van der Waals surface area (Å²) in [5.41, 5.74) is 0.124. The van der Waals surface area contributed by atoms with Crippen LogP contribution in [0.4, 0.5) is 0 Å². The van der Waals surface area contributed by atoms with E-state index in [0.717, 1.165) is 0 Å². The Bertz CT molecular complexity index is 417. The van der Waals surface area contributed by atoms with E-state index in [1.807, 2.05) is 0 Å². The van der Waals surface area contributed by atoms with Crippen molar-refractivity contribution in [3.8, 4) is 5.75 Å². The number of carbonyl (C=O) groups excluding carboxylic acids is 2. The van der Waals surface area contributed by atoms with E-state index in [0.29, 0.717) is 0 Å². The highest BCUT2D eigenvalue weighted by Crippen LogP contribution is 2.19. The Balaban J connectivity index is 2.77. The summed E-state index contributed by atoms with van der Waals surface area (Å²) in [6.45, 7) is 1.39. The molecule has 0 aliphatic heterocycles. The van der Waals surface area contributed by atoms with Crippen LogP contribution in [0.2, 0.25) is 0 Å². The lowest BCUT2D eigenvalue weighted by Gasteiger charge is -2.11. The van der Waals surface area contributed by atoms with Crippen LogP contribution in [0.3, 0.4) is 0 Å². The first kappa shape index (κ1) is 13.2. The second-order valence-electron chi connectivity index (χ2n) is 3.62. The third-order valence-corrected chi connectivity index (χ3v) is 2.37. The Kier molecular flexibility index (Phi) is 4.66. The second kappa shape index (κ2) is 6.00. The number of para-hydroxylation sites is 1. The van der Waals surface area contributed by atoms with Gasteiger partial charge >= 0.3 is 0 Å². The number of phenols is 1. The van der Waals surface area contributed by atoms with Crippen LogP contribution >= 0.6 is 0 Å². The van der Waals surface area contributed by atoms with Crippen LogP contribution in [0.25, 0.3) is 0 Å². The van der Waals surface area contributed by atoms with Crippen LogP contribution in [0, 0.1) is 5.92 Å². The molecule has 0 bridgehead atoms. The van der Waals surface area contributed by atoms with Crippen LogP contribution in [0.15, 0.2) is 24.3 Å². The highest BCUT2D eigenvalue weighted by atomic mass is 16.3. The predicted molar refractivity (Wildman–Crippen MR) is 61.7 cm³/mol. The van der Waals surface area contributed by atoms with Gasteiger partial charge in [-0.2, -0.15) is 0 Å². The van der Waals surface area contributed by atoms with Gasteiger partial charge in [0.15, 0.2) is 5.78 Å². The first-order chi connectivity index (χ1) is 8.07. The first-order valence-electron chi connectivity index (χ1n) is 5.28. The zero-order valence-electron chi connectivity index (χ0n) is 9.51. The molecule has 0 fully saturated rings. The molecule has 0 radical (unpaired) electrons. The highest BCUT2D eigenvalue weighted by Gasteiger charge is 2.24. The molecule has 0 aliphatic carbocycles. The summed E-state index contributed by atoms with van der Waals surface area (Å²) >= 11 is 0. The summed E-state index contributed by atoms with van der Waals surface area (Å²) in [6, 6.07) is 6.08. The zero-order chi connectivity index (χ0) is 12.8. The normalized spacial score (nSPS) is 11.9. The lowest BCUT2D eigenvalue weighted by molar-refractivity contribution is -0.123. The summed E-state index contributed by atoms with van der Waals surface area (Å²) in [5, 5.41) is 20.5. The number of ketones is 1. The molecule has 1 rings (SSSR count). The molecule has 92 valence electrons. The number of nitrogens with one attached hydrogen (secondary N) is 1. The molecule has 0 aliphatic rings. The smallest absolute Gasteiger partial charge is 0.230 e. The SMILES string of the molecule is CC(C(=O)NCCO)C(=O)c1ccccc1O. The van der Waals surface area contributed by atoms with Crippen molar-refractivity contribution in [2.24, 2.45) is 5.92 Å².